The zero-order chi connectivity index (χ0) is 10.3. The van der Waals surface area contributed by atoms with Crippen LogP contribution in [0.2, 0.25) is 0 Å². The van der Waals surface area contributed by atoms with Crippen molar-refractivity contribution >= 4 is 52.3 Å². The first-order valence-electron chi connectivity index (χ1n) is 3.96. The van der Waals surface area contributed by atoms with Crippen molar-refractivity contribution in [3.8, 4) is 0 Å². The third kappa shape index (κ3) is 1.50. The lowest BCUT2D eigenvalue weighted by atomic mass is 9.78. The molecular weight excluding hydrogens is 217 g/mol. The summed E-state index contributed by atoms with van der Waals surface area (Å²) in [6, 6.07) is 5.37. The van der Waals surface area contributed by atoms with Gasteiger partial charge in [0.25, 0.3) is 0 Å². The molecule has 0 saturated carbocycles. The van der Waals surface area contributed by atoms with E-state index in [2.05, 4.69) is 12.6 Å². The predicted molar refractivity (Wildman–Crippen MR) is 63.3 cm³/mol. The summed E-state index contributed by atoms with van der Waals surface area (Å²) in [4.78, 5) is 0. The molecular formula is C8H8BNO2S2. The van der Waals surface area contributed by atoms with Crippen LogP contribution in [0.5, 0.6) is 0 Å². The van der Waals surface area contributed by atoms with Gasteiger partial charge in [-0.2, -0.15) is 0 Å². The van der Waals surface area contributed by atoms with E-state index in [0.717, 1.165) is 14.3 Å². The summed E-state index contributed by atoms with van der Waals surface area (Å²) in [5.41, 5.74) is 6.42. The number of benzene rings is 1. The van der Waals surface area contributed by atoms with Crippen LogP contribution in [0.4, 0.5) is 5.69 Å². The Labute approximate surface area is 90.7 Å². The average Bonchev–Trinajstić information content (AvgIpc) is 2.43. The van der Waals surface area contributed by atoms with Gasteiger partial charge in [-0.1, -0.05) is 6.07 Å². The molecule has 0 aliphatic heterocycles. The van der Waals surface area contributed by atoms with Crippen molar-refractivity contribution in [1.82, 2.24) is 0 Å². The number of anilines is 1. The van der Waals surface area contributed by atoms with E-state index >= 15 is 0 Å². The lowest BCUT2D eigenvalue weighted by Crippen LogP contribution is -2.32. The third-order valence-electron chi connectivity index (χ3n) is 2.00. The summed E-state index contributed by atoms with van der Waals surface area (Å²) in [6.07, 6.45) is 0. The van der Waals surface area contributed by atoms with E-state index in [1.165, 1.54) is 11.3 Å². The molecule has 0 amide bonds. The minimum atomic E-state index is -1.54. The van der Waals surface area contributed by atoms with Gasteiger partial charge in [0.05, 0.1) is 4.21 Å². The highest BCUT2D eigenvalue weighted by atomic mass is 32.2. The fourth-order valence-electron chi connectivity index (χ4n) is 1.39. The van der Waals surface area contributed by atoms with Gasteiger partial charge in [0.15, 0.2) is 0 Å². The highest BCUT2D eigenvalue weighted by Gasteiger charge is 2.19. The largest absolute Gasteiger partial charge is 0.492 e. The fraction of sp³-hybridized carbons (Fsp3) is 0. The lowest BCUT2D eigenvalue weighted by molar-refractivity contribution is 0.426. The van der Waals surface area contributed by atoms with Crippen molar-refractivity contribution in [1.29, 1.82) is 0 Å². The minimum absolute atomic E-state index is 0.368. The average molecular weight is 225 g/mol. The number of thiophene rings is 1. The van der Waals surface area contributed by atoms with Crippen LogP contribution in [0.1, 0.15) is 0 Å². The van der Waals surface area contributed by atoms with E-state index in [1.54, 1.807) is 6.07 Å². The quantitative estimate of drug-likeness (QED) is 0.323. The Bertz CT molecular complexity index is 483. The Kier molecular flexibility index (Phi) is 2.44. The number of hydrogen-bond donors (Lipinski definition) is 4. The van der Waals surface area contributed by atoms with E-state index in [-0.39, 0.29) is 0 Å². The molecule has 1 aromatic heterocycles. The smallest absolute Gasteiger partial charge is 0.423 e. The summed E-state index contributed by atoms with van der Waals surface area (Å²) in [6.45, 7) is 0. The normalized spacial score (nSPS) is 10.8. The molecule has 0 spiro atoms. The molecule has 14 heavy (non-hydrogen) atoms. The van der Waals surface area contributed by atoms with Crippen LogP contribution in [0.15, 0.2) is 22.4 Å². The van der Waals surface area contributed by atoms with E-state index in [4.69, 9.17) is 15.8 Å². The number of nitrogens with two attached hydrogens (primary N) is 1. The second-order valence-corrected chi connectivity index (χ2v) is 4.78. The van der Waals surface area contributed by atoms with Crippen LogP contribution in [0.25, 0.3) is 10.1 Å². The van der Waals surface area contributed by atoms with Gasteiger partial charge in [-0.15, -0.1) is 24.0 Å². The Morgan fingerprint density at radius 3 is 2.71 bits per heavy atom. The van der Waals surface area contributed by atoms with E-state index in [0.29, 0.717) is 11.2 Å². The van der Waals surface area contributed by atoms with Gasteiger partial charge in [0.1, 0.15) is 0 Å². The lowest BCUT2D eigenvalue weighted by Gasteiger charge is -2.04. The summed E-state index contributed by atoms with van der Waals surface area (Å²) >= 11 is 5.59. The topological polar surface area (TPSA) is 66.5 Å². The minimum Gasteiger partial charge on any atom is -0.423 e. The summed E-state index contributed by atoms with van der Waals surface area (Å²) in [7, 11) is -1.54. The predicted octanol–water partition coefficient (Wildman–Crippen LogP) is 0.452. The van der Waals surface area contributed by atoms with Gasteiger partial charge in [-0.25, -0.2) is 0 Å². The first-order chi connectivity index (χ1) is 6.59. The first-order valence-corrected chi connectivity index (χ1v) is 5.23. The third-order valence-corrected chi connectivity index (χ3v) is 3.39. The molecule has 4 N–H and O–H groups in total. The Balaban J connectivity index is 2.82. The Morgan fingerprint density at radius 2 is 2.07 bits per heavy atom. The Hall–Kier alpha value is -0.685. The van der Waals surface area contributed by atoms with Crippen molar-refractivity contribution in [2.45, 2.75) is 4.21 Å². The van der Waals surface area contributed by atoms with E-state index in [1.807, 2.05) is 12.1 Å². The zero-order valence-electron chi connectivity index (χ0n) is 7.14. The molecule has 0 saturated heterocycles. The number of rotatable bonds is 1. The number of hydrogen-bond acceptors (Lipinski definition) is 5. The van der Waals surface area contributed by atoms with Gasteiger partial charge in [0, 0.05) is 15.9 Å². The zero-order valence-corrected chi connectivity index (χ0v) is 8.85. The Morgan fingerprint density at radius 1 is 1.36 bits per heavy atom. The van der Waals surface area contributed by atoms with Crippen LogP contribution in [0.3, 0.4) is 0 Å². The van der Waals surface area contributed by atoms with Crippen molar-refractivity contribution in [3.63, 3.8) is 0 Å². The molecule has 3 nitrogen and oxygen atoms in total. The second kappa shape index (κ2) is 3.47. The second-order valence-electron chi connectivity index (χ2n) is 2.95. The van der Waals surface area contributed by atoms with Crippen molar-refractivity contribution in [2.75, 3.05) is 5.73 Å². The van der Waals surface area contributed by atoms with E-state index < -0.39 is 7.12 Å². The van der Waals surface area contributed by atoms with Gasteiger partial charge >= 0.3 is 7.12 Å². The van der Waals surface area contributed by atoms with Gasteiger partial charge < -0.3 is 15.8 Å². The number of thiol groups is 1. The molecule has 72 valence electrons. The highest BCUT2D eigenvalue weighted by Crippen LogP contribution is 2.28. The molecule has 0 bridgehead atoms. The van der Waals surface area contributed by atoms with E-state index in [9.17, 15) is 0 Å². The summed E-state index contributed by atoms with van der Waals surface area (Å²) in [5.74, 6) is 0. The van der Waals surface area contributed by atoms with Crippen molar-refractivity contribution < 1.29 is 10.0 Å². The SMILES string of the molecule is Nc1ccc2cc(S)sc2c1B(O)O. The molecule has 0 radical (unpaired) electrons. The van der Waals surface area contributed by atoms with Crippen LogP contribution >= 0.6 is 24.0 Å². The van der Waals surface area contributed by atoms with Crippen LogP contribution in [0, 0.1) is 0 Å². The number of fused-ring (bicyclic) bond motifs is 1. The summed E-state index contributed by atoms with van der Waals surface area (Å²) in [5, 5.41) is 19.3. The molecule has 0 atom stereocenters. The van der Waals surface area contributed by atoms with Crippen LogP contribution in [-0.2, 0) is 0 Å². The monoisotopic (exact) mass is 225 g/mol. The van der Waals surface area contributed by atoms with Gasteiger partial charge in [-0.05, 0) is 17.5 Å². The van der Waals surface area contributed by atoms with Crippen LogP contribution in [-0.4, -0.2) is 17.2 Å². The van der Waals surface area contributed by atoms with Crippen LogP contribution < -0.4 is 11.2 Å². The molecule has 2 aromatic rings. The molecule has 0 aliphatic carbocycles. The maximum Gasteiger partial charge on any atom is 0.492 e. The highest BCUT2D eigenvalue weighted by molar-refractivity contribution is 7.83. The molecule has 0 fully saturated rings. The van der Waals surface area contributed by atoms with Gasteiger partial charge in [-0.3, -0.25) is 0 Å². The molecule has 0 aliphatic rings. The van der Waals surface area contributed by atoms with Gasteiger partial charge in [0.2, 0.25) is 0 Å². The molecule has 2 rings (SSSR count). The first kappa shape index (κ1) is 9.85. The molecule has 1 aromatic carbocycles. The molecule has 1 heterocycles. The standard InChI is InChI=1S/C8H8BNO2S2/c10-5-2-1-4-3-6(13)14-8(4)7(5)9(11)12/h1-3,11-13H,10H2. The maximum absolute atomic E-state index is 9.17. The van der Waals surface area contributed by atoms with Crippen molar-refractivity contribution in [2.24, 2.45) is 0 Å². The molecule has 0 unspecified atom stereocenters. The fourth-order valence-corrected chi connectivity index (χ4v) is 2.78. The van der Waals surface area contributed by atoms with Crippen molar-refractivity contribution in [3.05, 3.63) is 18.2 Å². The maximum atomic E-state index is 9.17. The molecule has 6 heteroatoms. The summed E-state index contributed by atoms with van der Waals surface area (Å²) < 4.78 is 1.61. The number of nitrogen functional groups attached to an aromatic ring is 1.